The molecule has 3 nitrogen and oxygen atoms in total. The van der Waals surface area contributed by atoms with Gasteiger partial charge in [-0.1, -0.05) is 29.8 Å². The van der Waals surface area contributed by atoms with Crippen molar-refractivity contribution in [3.63, 3.8) is 0 Å². The van der Waals surface area contributed by atoms with E-state index in [1.54, 1.807) is 13.2 Å². The highest BCUT2D eigenvalue weighted by molar-refractivity contribution is 6.30. The summed E-state index contributed by atoms with van der Waals surface area (Å²) < 4.78 is 26.1. The van der Waals surface area contributed by atoms with E-state index in [0.717, 1.165) is 39.3 Å². The number of hydrogen-bond acceptors (Lipinski definition) is 3. The summed E-state index contributed by atoms with van der Waals surface area (Å²) in [6.07, 6.45) is 2.20. The third-order valence-corrected chi connectivity index (χ3v) is 5.95. The van der Waals surface area contributed by atoms with Crippen LogP contribution in [0, 0.1) is 12.7 Å². The highest BCUT2D eigenvalue weighted by Gasteiger charge is 2.27. The Labute approximate surface area is 193 Å². The largest absolute Gasteiger partial charge is 0.496 e. The van der Waals surface area contributed by atoms with Gasteiger partial charge in [0, 0.05) is 27.4 Å². The van der Waals surface area contributed by atoms with E-state index in [2.05, 4.69) is 32.2 Å². The van der Waals surface area contributed by atoms with E-state index in [4.69, 9.17) is 21.1 Å². The van der Waals surface area contributed by atoms with Crippen LogP contribution in [-0.2, 0) is 6.61 Å². The van der Waals surface area contributed by atoms with Gasteiger partial charge in [-0.3, -0.25) is 0 Å². The summed E-state index contributed by atoms with van der Waals surface area (Å²) in [6, 6.07) is 14.2. The predicted molar refractivity (Wildman–Crippen MR) is 130 cm³/mol. The normalized spacial score (nSPS) is 14.3. The van der Waals surface area contributed by atoms with Crippen molar-refractivity contribution in [1.82, 2.24) is 0 Å². The van der Waals surface area contributed by atoms with Gasteiger partial charge in [-0.15, -0.1) is 0 Å². The molecule has 0 radical (unpaired) electrons. The molecule has 1 aliphatic heterocycles. The smallest absolute Gasteiger partial charge is 0.126 e. The molecule has 0 atom stereocenters. The van der Waals surface area contributed by atoms with Crippen molar-refractivity contribution >= 4 is 22.9 Å². The molecule has 1 aliphatic rings. The molecule has 1 N–H and O–H groups in total. The van der Waals surface area contributed by atoms with Crippen molar-refractivity contribution < 1.29 is 13.9 Å². The fourth-order valence-electron chi connectivity index (χ4n) is 4.37. The topological polar surface area (TPSA) is 30.5 Å². The molecule has 0 unspecified atom stereocenters. The van der Waals surface area contributed by atoms with Crippen molar-refractivity contribution in [1.29, 1.82) is 0 Å². The van der Waals surface area contributed by atoms with E-state index in [1.807, 2.05) is 37.3 Å². The molecule has 0 aliphatic carbocycles. The molecule has 1 heterocycles. The van der Waals surface area contributed by atoms with E-state index in [0.29, 0.717) is 22.9 Å². The second-order valence-electron chi connectivity index (χ2n) is 8.73. The van der Waals surface area contributed by atoms with Crippen LogP contribution in [0.25, 0.3) is 16.7 Å². The number of ether oxygens (including phenoxy) is 2. The van der Waals surface area contributed by atoms with Crippen LogP contribution in [0.15, 0.2) is 54.6 Å². The van der Waals surface area contributed by atoms with Gasteiger partial charge in [0.25, 0.3) is 0 Å². The molecular weight excluding hydrogens is 425 g/mol. The van der Waals surface area contributed by atoms with E-state index < -0.39 is 0 Å². The quantitative estimate of drug-likeness (QED) is 0.432. The Morgan fingerprint density at radius 3 is 2.50 bits per heavy atom. The molecule has 3 aromatic rings. The van der Waals surface area contributed by atoms with Crippen LogP contribution in [0.4, 0.5) is 10.1 Å². The van der Waals surface area contributed by atoms with Crippen LogP contribution in [0.5, 0.6) is 11.5 Å². The summed E-state index contributed by atoms with van der Waals surface area (Å²) in [5.41, 5.74) is 6.57. The number of hydrogen-bond donors (Lipinski definition) is 1. The highest BCUT2D eigenvalue weighted by Crippen LogP contribution is 2.43. The summed E-state index contributed by atoms with van der Waals surface area (Å²) in [6.45, 7) is 8.65. The Kier molecular flexibility index (Phi) is 5.91. The van der Waals surface area contributed by atoms with E-state index in [9.17, 15) is 4.39 Å². The van der Waals surface area contributed by atoms with Gasteiger partial charge >= 0.3 is 0 Å². The van der Waals surface area contributed by atoms with Crippen molar-refractivity contribution in [3.8, 4) is 22.6 Å². The van der Waals surface area contributed by atoms with Crippen molar-refractivity contribution in [2.45, 2.75) is 39.8 Å². The van der Waals surface area contributed by atoms with Crippen LogP contribution in [0.1, 0.15) is 37.5 Å². The van der Waals surface area contributed by atoms with Gasteiger partial charge < -0.3 is 14.8 Å². The standard InChI is InChI=1S/C27H27ClFNO2/c1-16-6-7-18(28)12-25(16)32-15-22-20(21-13-19(29)8-11-24(21)31-5)9-10-23-26(22)17(2)14-27(3,4)30-23/h6-14,30H,15H2,1-5H3. The van der Waals surface area contributed by atoms with Crippen LogP contribution >= 0.6 is 11.6 Å². The molecule has 4 rings (SSSR count). The summed E-state index contributed by atoms with van der Waals surface area (Å²) in [4.78, 5) is 0. The van der Waals surface area contributed by atoms with Crippen LogP contribution < -0.4 is 14.8 Å². The lowest BCUT2D eigenvalue weighted by Crippen LogP contribution is -2.32. The van der Waals surface area contributed by atoms with E-state index in [-0.39, 0.29) is 11.4 Å². The number of nitrogens with one attached hydrogen (secondary N) is 1. The summed E-state index contributed by atoms with van der Waals surface area (Å²) in [5, 5.41) is 4.20. The molecule has 0 fully saturated rings. The lowest BCUT2D eigenvalue weighted by Gasteiger charge is -2.33. The molecule has 0 amide bonds. The summed E-state index contributed by atoms with van der Waals surface area (Å²) >= 11 is 6.20. The molecule has 32 heavy (non-hydrogen) atoms. The Balaban J connectivity index is 1.89. The number of aryl methyl sites for hydroxylation is 1. The van der Waals surface area contributed by atoms with Crippen molar-refractivity contribution in [2.75, 3.05) is 12.4 Å². The molecular formula is C27H27ClFNO2. The maximum Gasteiger partial charge on any atom is 0.126 e. The van der Waals surface area contributed by atoms with Crippen LogP contribution in [0.2, 0.25) is 5.02 Å². The number of allylic oxidation sites excluding steroid dienone is 1. The zero-order valence-electron chi connectivity index (χ0n) is 19.0. The number of anilines is 1. The highest BCUT2D eigenvalue weighted by atomic mass is 35.5. The third kappa shape index (κ3) is 4.33. The number of methoxy groups -OCH3 is 1. The third-order valence-electron chi connectivity index (χ3n) is 5.72. The predicted octanol–water partition coefficient (Wildman–Crippen LogP) is 7.65. The molecule has 5 heteroatoms. The lowest BCUT2D eigenvalue weighted by molar-refractivity contribution is 0.304. The first kappa shape index (κ1) is 22.2. The monoisotopic (exact) mass is 451 g/mol. The van der Waals surface area contributed by atoms with Crippen LogP contribution in [-0.4, -0.2) is 12.6 Å². The molecule has 166 valence electrons. The van der Waals surface area contributed by atoms with Gasteiger partial charge in [0.2, 0.25) is 0 Å². The second kappa shape index (κ2) is 8.51. The molecule has 0 aromatic heterocycles. The number of fused-ring (bicyclic) bond motifs is 1. The van der Waals surface area contributed by atoms with Gasteiger partial charge in [-0.05, 0) is 80.8 Å². The number of benzene rings is 3. The fraction of sp³-hybridized carbons (Fsp3) is 0.259. The van der Waals surface area contributed by atoms with Gasteiger partial charge in [0.15, 0.2) is 0 Å². The van der Waals surface area contributed by atoms with E-state index in [1.165, 1.54) is 12.1 Å². The average Bonchev–Trinajstić information content (AvgIpc) is 2.73. The second-order valence-corrected chi connectivity index (χ2v) is 9.17. The molecule has 0 bridgehead atoms. The maximum absolute atomic E-state index is 14.2. The number of halogens is 2. The minimum atomic E-state index is -0.317. The Morgan fingerprint density at radius 1 is 0.969 bits per heavy atom. The van der Waals surface area contributed by atoms with Gasteiger partial charge in [0.05, 0.1) is 12.6 Å². The number of rotatable bonds is 5. The first-order chi connectivity index (χ1) is 15.2. The minimum Gasteiger partial charge on any atom is -0.496 e. The first-order valence-corrected chi connectivity index (χ1v) is 10.9. The Hall–Kier alpha value is -2.98. The minimum absolute atomic E-state index is 0.170. The van der Waals surface area contributed by atoms with Crippen LogP contribution in [0.3, 0.4) is 0 Å². The summed E-state index contributed by atoms with van der Waals surface area (Å²) in [5.74, 6) is 1.01. The van der Waals surface area contributed by atoms with E-state index >= 15 is 0 Å². The van der Waals surface area contributed by atoms with Gasteiger partial charge in [-0.2, -0.15) is 0 Å². The van der Waals surface area contributed by atoms with Crippen molar-refractivity contribution in [2.24, 2.45) is 0 Å². The zero-order chi connectivity index (χ0) is 23.0. The molecule has 0 saturated carbocycles. The Morgan fingerprint density at radius 2 is 1.75 bits per heavy atom. The summed E-state index contributed by atoms with van der Waals surface area (Å²) in [7, 11) is 1.59. The Bertz CT molecular complexity index is 1220. The first-order valence-electron chi connectivity index (χ1n) is 10.6. The zero-order valence-corrected chi connectivity index (χ0v) is 19.7. The SMILES string of the molecule is COc1ccc(F)cc1-c1ccc2c(c1COc1cc(Cl)ccc1C)C(C)=CC(C)(C)N2. The maximum atomic E-state index is 14.2. The average molecular weight is 452 g/mol. The van der Waals surface area contributed by atoms with Gasteiger partial charge in [0.1, 0.15) is 23.9 Å². The van der Waals surface area contributed by atoms with Crippen molar-refractivity contribution in [3.05, 3.63) is 82.1 Å². The molecule has 0 spiro atoms. The fourth-order valence-corrected chi connectivity index (χ4v) is 4.53. The molecule has 3 aromatic carbocycles. The molecule has 0 saturated heterocycles. The van der Waals surface area contributed by atoms with Gasteiger partial charge in [-0.25, -0.2) is 4.39 Å². The lowest BCUT2D eigenvalue weighted by atomic mass is 9.85.